The number of nitrogens with one attached hydrogen (secondary N) is 1. The van der Waals surface area contributed by atoms with E-state index in [0.717, 1.165) is 31.8 Å². The molecule has 3 aliphatic rings. The minimum Gasteiger partial charge on any atom is -0.339 e. The van der Waals surface area contributed by atoms with Crippen molar-refractivity contribution in [3.05, 3.63) is 0 Å². The predicted octanol–water partition coefficient (Wildman–Crippen LogP) is 2.56. The van der Waals surface area contributed by atoms with Gasteiger partial charge < -0.3 is 10.2 Å². The van der Waals surface area contributed by atoms with Crippen LogP contribution in [0.5, 0.6) is 0 Å². The van der Waals surface area contributed by atoms with Crippen LogP contribution in [0.1, 0.15) is 58.3 Å². The minimum absolute atomic E-state index is 0.231. The summed E-state index contributed by atoms with van der Waals surface area (Å²) in [7, 11) is 0. The molecular formula is C16H28N2O. The van der Waals surface area contributed by atoms with Gasteiger partial charge in [0.1, 0.15) is 0 Å². The topological polar surface area (TPSA) is 32.3 Å². The van der Waals surface area contributed by atoms with Crippen LogP contribution in [0.2, 0.25) is 0 Å². The fourth-order valence-electron chi connectivity index (χ4n) is 4.49. The quantitative estimate of drug-likeness (QED) is 0.789. The highest BCUT2D eigenvalue weighted by Crippen LogP contribution is 2.36. The van der Waals surface area contributed by atoms with Crippen LogP contribution in [0.25, 0.3) is 0 Å². The second-order valence-corrected chi connectivity index (χ2v) is 6.78. The molecule has 3 rings (SSSR count). The maximum Gasteiger partial charge on any atom is 0.227 e. The van der Waals surface area contributed by atoms with E-state index in [4.69, 9.17) is 0 Å². The van der Waals surface area contributed by atoms with Crippen LogP contribution in [0.4, 0.5) is 0 Å². The molecule has 1 aliphatic carbocycles. The van der Waals surface area contributed by atoms with E-state index >= 15 is 0 Å². The minimum atomic E-state index is 0.231. The highest BCUT2D eigenvalue weighted by molar-refractivity contribution is 5.80. The maximum absolute atomic E-state index is 12.9. The van der Waals surface area contributed by atoms with Gasteiger partial charge >= 0.3 is 0 Å². The highest BCUT2D eigenvalue weighted by Gasteiger charge is 2.39. The third-order valence-corrected chi connectivity index (χ3v) is 5.61. The van der Waals surface area contributed by atoms with E-state index in [0.29, 0.717) is 18.0 Å². The molecule has 0 bridgehead atoms. The molecule has 0 spiro atoms. The molecule has 1 N–H and O–H groups in total. The van der Waals surface area contributed by atoms with E-state index in [9.17, 15) is 4.79 Å². The van der Waals surface area contributed by atoms with Crippen molar-refractivity contribution in [3.8, 4) is 0 Å². The lowest BCUT2D eigenvalue weighted by atomic mass is 9.77. The van der Waals surface area contributed by atoms with Gasteiger partial charge in [-0.2, -0.15) is 0 Å². The van der Waals surface area contributed by atoms with Crippen LogP contribution < -0.4 is 5.32 Å². The first-order valence-electron chi connectivity index (χ1n) is 8.31. The molecule has 3 nitrogen and oxygen atoms in total. The number of carbonyl (C=O) groups excluding carboxylic acids is 1. The standard InChI is InChI=1S/C16H28N2O/c1-12-14(8-4-10-17-12)16(19)18-11-5-7-13-6-2-3-9-15(13)18/h12-15,17H,2-11H2,1H3. The van der Waals surface area contributed by atoms with Gasteiger partial charge in [-0.05, 0) is 57.9 Å². The number of likely N-dealkylation sites (tertiary alicyclic amines) is 1. The lowest BCUT2D eigenvalue weighted by Gasteiger charge is -2.46. The van der Waals surface area contributed by atoms with E-state index in [1.165, 1.54) is 38.5 Å². The molecule has 4 unspecified atom stereocenters. The van der Waals surface area contributed by atoms with Crippen LogP contribution in [-0.4, -0.2) is 36.0 Å². The lowest BCUT2D eigenvalue weighted by molar-refractivity contribution is -0.143. The smallest absolute Gasteiger partial charge is 0.227 e. The average molecular weight is 264 g/mol. The maximum atomic E-state index is 12.9. The van der Waals surface area contributed by atoms with Crippen LogP contribution in [-0.2, 0) is 4.79 Å². The number of piperidine rings is 2. The number of rotatable bonds is 1. The SMILES string of the molecule is CC1NCCCC1C(=O)N1CCCC2CCCCC21. The summed E-state index contributed by atoms with van der Waals surface area (Å²) in [5, 5.41) is 3.48. The molecule has 3 fully saturated rings. The molecule has 4 atom stereocenters. The summed E-state index contributed by atoms with van der Waals surface area (Å²) in [6.45, 7) is 4.28. The molecule has 2 heterocycles. The Balaban J connectivity index is 1.70. The van der Waals surface area contributed by atoms with Gasteiger partial charge in [-0.1, -0.05) is 12.8 Å². The Labute approximate surface area is 117 Å². The second kappa shape index (κ2) is 5.82. The fourth-order valence-corrected chi connectivity index (χ4v) is 4.49. The fraction of sp³-hybridized carbons (Fsp3) is 0.938. The summed E-state index contributed by atoms with van der Waals surface area (Å²) in [6.07, 6.45) is 10.1. The van der Waals surface area contributed by atoms with Crippen LogP contribution in [0.3, 0.4) is 0 Å². The first-order valence-corrected chi connectivity index (χ1v) is 8.31. The van der Waals surface area contributed by atoms with Crippen LogP contribution >= 0.6 is 0 Å². The molecule has 0 aromatic rings. The van der Waals surface area contributed by atoms with Crippen molar-refractivity contribution in [3.63, 3.8) is 0 Å². The largest absolute Gasteiger partial charge is 0.339 e. The van der Waals surface area contributed by atoms with Crippen molar-refractivity contribution in [2.24, 2.45) is 11.8 Å². The first-order chi connectivity index (χ1) is 9.27. The summed E-state index contributed by atoms with van der Waals surface area (Å²) >= 11 is 0. The molecule has 2 saturated heterocycles. The summed E-state index contributed by atoms with van der Waals surface area (Å²) < 4.78 is 0. The van der Waals surface area contributed by atoms with Crippen LogP contribution in [0, 0.1) is 11.8 Å². The Morgan fingerprint density at radius 3 is 2.68 bits per heavy atom. The number of nitrogens with zero attached hydrogens (tertiary/aromatic N) is 1. The van der Waals surface area contributed by atoms with Gasteiger partial charge in [-0.25, -0.2) is 0 Å². The summed E-state index contributed by atoms with van der Waals surface area (Å²) in [5.74, 6) is 1.49. The van der Waals surface area contributed by atoms with Crippen molar-refractivity contribution >= 4 is 5.91 Å². The molecule has 0 aromatic heterocycles. The van der Waals surface area contributed by atoms with Gasteiger partial charge in [0.15, 0.2) is 0 Å². The number of hydrogen-bond acceptors (Lipinski definition) is 2. The molecule has 3 heteroatoms. The van der Waals surface area contributed by atoms with Gasteiger partial charge in [-0.3, -0.25) is 4.79 Å². The van der Waals surface area contributed by atoms with Crippen molar-refractivity contribution in [1.82, 2.24) is 10.2 Å². The van der Waals surface area contributed by atoms with Gasteiger partial charge in [-0.15, -0.1) is 0 Å². The monoisotopic (exact) mass is 264 g/mol. The molecule has 19 heavy (non-hydrogen) atoms. The Bertz CT molecular complexity index is 329. The number of amides is 1. The molecule has 2 aliphatic heterocycles. The number of fused-ring (bicyclic) bond motifs is 1. The normalized spacial score (nSPS) is 39.7. The van der Waals surface area contributed by atoms with Gasteiger partial charge in [0.25, 0.3) is 0 Å². The van der Waals surface area contributed by atoms with E-state index in [-0.39, 0.29) is 5.92 Å². The molecule has 0 radical (unpaired) electrons. The Morgan fingerprint density at radius 2 is 1.84 bits per heavy atom. The van der Waals surface area contributed by atoms with E-state index in [1.807, 2.05) is 0 Å². The Morgan fingerprint density at radius 1 is 1.05 bits per heavy atom. The third kappa shape index (κ3) is 2.67. The summed E-state index contributed by atoms with van der Waals surface area (Å²) in [4.78, 5) is 15.2. The number of hydrogen-bond donors (Lipinski definition) is 1. The summed E-state index contributed by atoms with van der Waals surface area (Å²) in [5.41, 5.74) is 0. The second-order valence-electron chi connectivity index (χ2n) is 6.78. The Kier molecular flexibility index (Phi) is 4.11. The number of carbonyl (C=O) groups is 1. The molecule has 108 valence electrons. The zero-order valence-corrected chi connectivity index (χ0v) is 12.2. The van der Waals surface area contributed by atoms with Gasteiger partial charge in [0.2, 0.25) is 5.91 Å². The first kappa shape index (κ1) is 13.4. The average Bonchev–Trinajstić information content (AvgIpc) is 2.46. The van der Waals surface area contributed by atoms with Crippen molar-refractivity contribution < 1.29 is 4.79 Å². The molecular weight excluding hydrogens is 236 g/mol. The third-order valence-electron chi connectivity index (χ3n) is 5.61. The Hall–Kier alpha value is -0.570. The van der Waals surface area contributed by atoms with E-state index in [1.54, 1.807) is 0 Å². The summed E-state index contributed by atoms with van der Waals surface area (Å²) in [6, 6.07) is 0.939. The zero-order valence-electron chi connectivity index (χ0n) is 12.2. The van der Waals surface area contributed by atoms with Crippen LogP contribution in [0.15, 0.2) is 0 Å². The zero-order chi connectivity index (χ0) is 13.2. The molecule has 0 aromatic carbocycles. The van der Waals surface area contributed by atoms with Gasteiger partial charge in [0, 0.05) is 18.6 Å². The van der Waals surface area contributed by atoms with Gasteiger partial charge in [0.05, 0.1) is 5.92 Å². The van der Waals surface area contributed by atoms with E-state index in [2.05, 4.69) is 17.1 Å². The predicted molar refractivity (Wildman–Crippen MR) is 76.9 cm³/mol. The highest BCUT2D eigenvalue weighted by atomic mass is 16.2. The lowest BCUT2D eigenvalue weighted by Crippen LogP contribution is -2.55. The molecule has 1 amide bonds. The molecule has 1 saturated carbocycles. The van der Waals surface area contributed by atoms with E-state index < -0.39 is 0 Å². The van der Waals surface area contributed by atoms with Crippen molar-refractivity contribution in [2.45, 2.75) is 70.4 Å². The van der Waals surface area contributed by atoms with Crippen molar-refractivity contribution in [1.29, 1.82) is 0 Å². The van der Waals surface area contributed by atoms with Crippen molar-refractivity contribution in [2.75, 3.05) is 13.1 Å².